The van der Waals surface area contributed by atoms with Gasteiger partial charge in [0, 0.05) is 17.3 Å². The van der Waals surface area contributed by atoms with Gasteiger partial charge in [-0.25, -0.2) is 9.18 Å². The van der Waals surface area contributed by atoms with Gasteiger partial charge in [-0.1, -0.05) is 6.07 Å². The third kappa shape index (κ3) is 5.41. The first kappa shape index (κ1) is 24.0. The Hall–Kier alpha value is -3.64. The van der Waals surface area contributed by atoms with Crippen LogP contribution in [0.2, 0.25) is 0 Å². The van der Waals surface area contributed by atoms with Crippen molar-refractivity contribution in [2.45, 2.75) is 12.5 Å². The quantitative estimate of drug-likeness (QED) is 0.374. The van der Waals surface area contributed by atoms with Gasteiger partial charge in [0.25, 0.3) is 0 Å². The number of carbonyl (C=O) groups is 2. The molecule has 1 fully saturated rings. The summed E-state index contributed by atoms with van der Waals surface area (Å²) in [6.07, 6.45) is 0.738. The molecule has 1 aliphatic heterocycles. The van der Waals surface area contributed by atoms with Crippen LogP contribution in [0.25, 0.3) is 22.6 Å². The minimum Gasteiger partial charge on any atom is -1.00 e. The number of benzene rings is 1. The number of amides is 2. The van der Waals surface area contributed by atoms with Crippen LogP contribution in [0.15, 0.2) is 36.5 Å². The summed E-state index contributed by atoms with van der Waals surface area (Å²) in [6, 6.07) is 7.90. The highest BCUT2D eigenvalue weighted by Gasteiger charge is 2.33. The molecule has 0 spiro atoms. The van der Waals surface area contributed by atoms with Crippen LogP contribution in [-0.2, 0) is 16.6 Å². The van der Waals surface area contributed by atoms with Crippen molar-refractivity contribution in [3.05, 3.63) is 42.3 Å². The van der Waals surface area contributed by atoms with E-state index < -0.39 is 18.0 Å². The number of halogens is 2. The van der Waals surface area contributed by atoms with Crippen molar-refractivity contribution in [1.82, 2.24) is 30.5 Å². The van der Waals surface area contributed by atoms with Crippen LogP contribution in [0.3, 0.4) is 0 Å². The molecule has 1 aromatic carbocycles. The molecule has 4 rings (SSSR count). The molecule has 0 aliphatic carbocycles. The molecule has 0 saturated carbocycles. The molecule has 2 aromatic heterocycles. The van der Waals surface area contributed by atoms with Gasteiger partial charge in [-0.15, -0.1) is 10.2 Å². The number of rotatable bonds is 7. The van der Waals surface area contributed by atoms with E-state index in [0.717, 1.165) is 0 Å². The van der Waals surface area contributed by atoms with Crippen molar-refractivity contribution in [3.8, 4) is 22.6 Å². The van der Waals surface area contributed by atoms with Gasteiger partial charge < -0.3 is 28.2 Å². The maximum Gasteiger partial charge on any atom is 0.414 e. The van der Waals surface area contributed by atoms with Crippen molar-refractivity contribution >= 4 is 17.7 Å². The summed E-state index contributed by atoms with van der Waals surface area (Å²) in [6.45, 7) is 0.896. The predicted octanol–water partition coefficient (Wildman–Crippen LogP) is -2.84. The van der Waals surface area contributed by atoms with Crippen LogP contribution < -0.4 is 28.4 Å². The van der Waals surface area contributed by atoms with E-state index in [1.807, 2.05) is 0 Å². The van der Waals surface area contributed by atoms with Gasteiger partial charge >= 0.3 is 6.09 Å². The van der Waals surface area contributed by atoms with Crippen molar-refractivity contribution in [2.75, 3.05) is 24.5 Å². The number of carbonyl (C=O) groups excluding carboxylic acids is 2. The molecule has 174 valence electrons. The van der Waals surface area contributed by atoms with Crippen LogP contribution >= 0.6 is 0 Å². The highest BCUT2D eigenvalue weighted by atomic mass is 35.5. The molecule has 3 aromatic rings. The molecule has 4 N–H and O–H groups in total. The monoisotopic (exact) mass is 476 g/mol. The average molecular weight is 477 g/mol. The van der Waals surface area contributed by atoms with Gasteiger partial charge in [-0.3, -0.25) is 14.7 Å². The summed E-state index contributed by atoms with van der Waals surface area (Å²) in [5.41, 5.74) is 5.42. The highest BCUT2D eigenvalue weighted by molar-refractivity contribution is 5.90. The van der Waals surface area contributed by atoms with Gasteiger partial charge in [0.05, 0.1) is 38.8 Å². The van der Waals surface area contributed by atoms with Gasteiger partial charge in [0.15, 0.2) is 0 Å². The number of aromatic nitrogens is 5. The molecule has 3 heterocycles. The zero-order valence-corrected chi connectivity index (χ0v) is 18.5. The van der Waals surface area contributed by atoms with Crippen LogP contribution in [-0.4, -0.2) is 62.9 Å². The SMILES string of the molecule is Cn1nnc(-c2ccc(-c3ccc(N4C[C@H](CNC(=O)CC[NH3+])OC4=O)cc3F)cn2)n1.[Cl-]. The van der Waals surface area contributed by atoms with E-state index in [2.05, 4.69) is 31.4 Å². The molecule has 33 heavy (non-hydrogen) atoms. The number of aryl methyl sites for hydroxylation is 1. The number of nitrogens with zero attached hydrogens (tertiary/aromatic N) is 6. The Bertz CT molecular complexity index is 1140. The first-order valence-electron chi connectivity index (χ1n) is 9.99. The second kappa shape index (κ2) is 10.3. The second-order valence-corrected chi connectivity index (χ2v) is 7.22. The molecule has 13 heteroatoms. The average Bonchev–Trinajstić information content (AvgIpc) is 3.38. The lowest BCUT2D eigenvalue weighted by Crippen LogP contribution is -3.00. The van der Waals surface area contributed by atoms with Crippen LogP contribution in [0.4, 0.5) is 14.9 Å². The van der Waals surface area contributed by atoms with E-state index in [1.165, 1.54) is 22.0 Å². The number of hydrogen-bond donors (Lipinski definition) is 2. The van der Waals surface area contributed by atoms with Crippen LogP contribution in [0.5, 0.6) is 0 Å². The maximum atomic E-state index is 14.9. The van der Waals surface area contributed by atoms with Gasteiger partial charge in [-0.2, -0.15) is 4.80 Å². The summed E-state index contributed by atoms with van der Waals surface area (Å²) in [5.74, 6) is -0.284. The smallest absolute Gasteiger partial charge is 0.414 e. The van der Waals surface area contributed by atoms with E-state index in [9.17, 15) is 14.0 Å². The van der Waals surface area contributed by atoms with E-state index >= 15 is 0 Å². The van der Waals surface area contributed by atoms with Crippen molar-refractivity contribution in [1.29, 1.82) is 0 Å². The van der Waals surface area contributed by atoms with Crippen LogP contribution in [0, 0.1) is 5.82 Å². The molecule has 0 radical (unpaired) electrons. The van der Waals surface area contributed by atoms with Gasteiger partial charge in [-0.05, 0) is 29.5 Å². The summed E-state index contributed by atoms with van der Waals surface area (Å²) in [5, 5.41) is 14.4. The fourth-order valence-corrected chi connectivity index (χ4v) is 3.29. The minimum absolute atomic E-state index is 0. The van der Waals surface area contributed by atoms with E-state index in [1.54, 1.807) is 31.3 Å². The largest absolute Gasteiger partial charge is 1.00 e. The Balaban J connectivity index is 0.00000306. The minimum atomic E-state index is -0.587. The number of quaternary nitrogens is 1. The predicted molar refractivity (Wildman–Crippen MR) is 110 cm³/mol. The third-order valence-electron chi connectivity index (χ3n) is 4.88. The molecular weight excluding hydrogens is 455 g/mol. The number of ether oxygens (including phenoxy) is 1. The molecule has 0 bridgehead atoms. The van der Waals surface area contributed by atoms with E-state index in [0.29, 0.717) is 41.3 Å². The first-order chi connectivity index (χ1) is 15.4. The molecule has 1 saturated heterocycles. The fourth-order valence-electron chi connectivity index (χ4n) is 3.29. The summed E-state index contributed by atoms with van der Waals surface area (Å²) >= 11 is 0. The Morgan fingerprint density at radius 1 is 1.33 bits per heavy atom. The highest BCUT2D eigenvalue weighted by Crippen LogP contribution is 2.29. The maximum absolute atomic E-state index is 14.9. The van der Waals surface area contributed by atoms with Gasteiger partial charge in [0.2, 0.25) is 11.7 Å². The number of anilines is 1. The molecule has 11 nitrogen and oxygen atoms in total. The third-order valence-corrected chi connectivity index (χ3v) is 4.88. The molecule has 2 amide bonds. The molecule has 1 aliphatic rings. The Morgan fingerprint density at radius 2 is 2.15 bits per heavy atom. The van der Waals surface area contributed by atoms with Gasteiger partial charge in [0.1, 0.15) is 17.6 Å². The normalized spacial score (nSPS) is 15.2. The fraction of sp³-hybridized carbons (Fsp3) is 0.300. The standard InChI is InChI=1S/C20H21FN8O3.ClH/c1-28-26-19(25-27-28)17-5-2-12(9-23-17)15-4-3-13(8-16(15)21)29-11-14(32-20(29)31)10-24-18(30)6-7-22;/h2-5,8-9,14H,6-7,10-11,22H2,1H3,(H,24,30);1H/t14-;/m0./s1. The first-order valence-corrected chi connectivity index (χ1v) is 9.99. The number of nitrogens with one attached hydrogen (secondary N) is 1. The Kier molecular flexibility index (Phi) is 7.51. The van der Waals surface area contributed by atoms with Crippen molar-refractivity contribution in [3.63, 3.8) is 0 Å². The van der Waals surface area contributed by atoms with Crippen LogP contribution in [0.1, 0.15) is 6.42 Å². The molecule has 0 unspecified atom stereocenters. The van der Waals surface area contributed by atoms with Crippen molar-refractivity contribution in [2.24, 2.45) is 7.05 Å². The Labute approximate surface area is 194 Å². The number of tetrazole rings is 1. The van der Waals surface area contributed by atoms with E-state index in [-0.39, 0.29) is 31.4 Å². The summed E-state index contributed by atoms with van der Waals surface area (Å²) in [4.78, 5) is 30.8. The molecular formula is C20H22ClFN8O3. The van der Waals surface area contributed by atoms with E-state index in [4.69, 9.17) is 4.74 Å². The summed E-state index contributed by atoms with van der Waals surface area (Å²) in [7, 11) is 1.65. The number of pyridine rings is 1. The number of hydrogen-bond acceptors (Lipinski definition) is 7. The molecule has 1 atom stereocenters. The zero-order chi connectivity index (χ0) is 22.7. The zero-order valence-electron chi connectivity index (χ0n) is 17.7. The second-order valence-electron chi connectivity index (χ2n) is 7.22. The lowest BCUT2D eigenvalue weighted by Gasteiger charge is -2.14. The Morgan fingerprint density at radius 3 is 2.79 bits per heavy atom. The lowest BCUT2D eigenvalue weighted by molar-refractivity contribution is -0.366. The topological polar surface area (TPSA) is 143 Å². The lowest BCUT2D eigenvalue weighted by atomic mass is 10.1. The summed E-state index contributed by atoms with van der Waals surface area (Å²) < 4.78 is 20.1. The van der Waals surface area contributed by atoms with Crippen molar-refractivity contribution < 1.29 is 36.9 Å². The number of cyclic esters (lactones) is 1.